The number of rotatable bonds is 8. The third-order valence-corrected chi connectivity index (χ3v) is 6.23. The monoisotopic (exact) mass is 522 g/mol. The number of nitrogens with one attached hydrogen (secondary N) is 2. The van der Waals surface area contributed by atoms with Gasteiger partial charge in [0.05, 0.1) is 22.9 Å². The number of sulfone groups is 1. The summed E-state index contributed by atoms with van der Waals surface area (Å²) in [5.74, 6) is 1.01. The molecule has 0 spiro atoms. The number of hydrogen-bond acceptors (Lipinski definition) is 5. The van der Waals surface area contributed by atoms with Crippen molar-refractivity contribution < 1.29 is 8.42 Å². The molecule has 0 unspecified atom stereocenters. The summed E-state index contributed by atoms with van der Waals surface area (Å²) in [6, 6.07) is 8.49. The van der Waals surface area contributed by atoms with Crippen LogP contribution in [0, 0.1) is 0 Å². The topological polar surface area (TPSA) is 83.4 Å². The highest BCUT2D eigenvalue weighted by Crippen LogP contribution is 2.18. The molecule has 0 radical (unpaired) electrons. The zero-order chi connectivity index (χ0) is 19.0. The zero-order valence-electron chi connectivity index (χ0n) is 15.8. The average Bonchev–Trinajstić information content (AvgIpc) is 3.10. The predicted octanol–water partition coefficient (Wildman–Crippen LogP) is 3.41. The van der Waals surface area contributed by atoms with Crippen molar-refractivity contribution >= 4 is 51.1 Å². The van der Waals surface area contributed by atoms with E-state index in [9.17, 15) is 8.42 Å². The number of benzene rings is 1. The lowest BCUT2D eigenvalue weighted by atomic mass is 10.2. The van der Waals surface area contributed by atoms with Crippen LogP contribution < -0.4 is 10.6 Å². The maximum atomic E-state index is 12.3. The van der Waals surface area contributed by atoms with Crippen molar-refractivity contribution in [1.82, 2.24) is 15.6 Å². The maximum Gasteiger partial charge on any atom is 0.191 e. The number of guanidine groups is 1. The van der Waals surface area contributed by atoms with Gasteiger partial charge in [0.25, 0.3) is 0 Å². The molecule has 0 amide bonds. The third-order valence-electron chi connectivity index (χ3n) is 3.64. The molecule has 6 nitrogen and oxygen atoms in total. The lowest BCUT2D eigenvalue weighted by Gasteiger charge is -2.11. The molecule has 9 heteroatoms. The summed E-state index contributed by atoms with van der Waals surface area (Å²) < 4.78 is 24.6. The molecule has 1 aromatic heterocycles. The summed E-state index contributed by atoms with van der Waals surface area (Å²) in [5, 5.41) is 9.22. The van der Waals surface area contributed by atoms with E-state index in [1.54, 1.807) is 41.7 Å². The van der Waals surface area contributed by atoms with Crippen molar-refractivity contribution in [2.75, 3.05) is 18.8 Å². The van der Waals surface area contributed by atoms with Gasteiger partial charge in [0.2, 0.25) is 0 Å². The Morgan fingerprint density at radius 1 is 1.22 bits per heavy atom. The average molecular weight is 522 g/mol. The Morgan fingerprint density at radius 2 is 1.93 bits per heavy atom. The number of aliphatic imine (C=N–C) groups is 1. The predicted molar refractivity (Wildman–Crippen MR) is 123 cm³/mol. The van der Waals surface area contributed by atoms with Crippen LogP contribution in [0.3, 0.4) is 0 Å². The normalized spacial score (nSPS) is 11.9. The first-order valence-electron chi connectivity index (χ1n) is 8.66. The minimum Gasteiger partial charge on any atom is -0.357 e. The Kier molecular flexibility index (Phi) is 10.2. The second-order valence-corrected chi connectivity index (χ2v) is 9.13. The summed E-state index contributed by atoms with van der Waals surface area (Å²) in [5.41, 5.74) is 1.08. The molecule has 0 fully saturated rings. The van der Waals surface area contributed by atoms with Crippen LogP contribution in [0.4, 0.5) is 0 Å². The van der Waals surface area contributed by atoms with E-state index in [1.807, 2.05) is 6.92 Å². The molecule has 0 atom stereocenters. The summed E-state index contributed by atoms with van der Waals surface area (Å²) in [4.78, 5) is 9.40. The van der Waals surface area contributed by atoms with Crippen molar-refractivity contribution in [2.45, 2.75) is 38.1 Å². The molecule has 150 valence electrons. The van der Waals surface area contributed by atoms with Gasteiger partial charge in [-0.05, 0) is 25.0 Å². The number of thiazole rings is 1. The van der Waals surface area contributed by atoms with Gasteiger partial charge < -0.3 is 10.6 Å². The molecule has 0 bridgehead atoms. The van der Waals surface area contributed by atoms with Gasteiger partial charge in [-0.3, -0.25) is 0 Å². The smallest absolute Gasteiger partial charge is 0.191 e. The van der Waals surface area contributed by atoms with Crippen molar-refractivity contribution in [3.8, 4) is 0 Å². The van der Waals surface area contributed by atoms with E-state index >= 15 is 0 Å². The number of nitrogens with zero attached hydrogens (tertiary/aromatic N) is 2. The van der Waals surface area contributed by atoms with Crippen LogP contribution in [0.25, 0.3) is 0 Å². The van der Waals surface area contributed by atoms with E-state index in [0.717, 1.165) is 10.7 Å². The Labute approximate surface area is 182 Å². The highest BCUT2D eigenvalue weighted by molar-refractivity contribution is 14.0. The van der Waals surface area contributed by atoms with E-state index in [2.05, 4.69) is 39.8 Å². The van der Waals surface area contributed by atoms with Crippen LogP contribution in [-0.4, -0.2) is 38.2 Å². The van der Waals surface area contributed by atoms with Crippen LogP contribution in [0.2, 0.25) is 0 Å². The minimum atomic E-state index is -3.30. The van der Waals surface area contributed by atoms with Crippen LogP contribution in [0.5, 0.6) is 0 Å². The molecular formula is C18H27IN4O2S2. The summed E-state index contributed by atoms with van der Waals surface area (Å²) in [6.07, 6.45) is 0. The summed E-state index contributed by atoms with van der Waals surface area (Å²) in [7, 11) is -3.30. The molecule has 27 heavy (non-hydrogen) atoms. The van der Waals surface area contributed by atoms with Crippen LogP contribution in [0.15, 0.2) is 45.6 Å². The quantitative estimate of drug-likeness (QED) is 0.316. The molecule has 0 aliphatic carbocycles. The summed E-state index contributed by atoms with van der Waals surface area (Å²) in [6.45, 7) is 7.66. The van der Waals surface area contributed by atoms with Crippen LogP contribution in [0.1, 0.15) is 37.4 Å². The van der Waals surface area contributed by atoms with Gasteiger partial charge in [0.1, 0.15) is 5.01 Å². The van der Waals surface area contributed by atoms with Gasteiger partial charge >= 0.3 is 0 Å². The standard InChI is InChI=1S/C18H26N4O2S2.HI/c1-4-19-18(21-12-17-22-16(13-25-17)14(2)3)20-10-11-26(23,24)15-8-6-5-7-9-15;/h5-9,13-14H,4,10-12H2,1-3H3,(H2,19,20,21);1H. The van der Waals surface area contributed by atoms with Gasteiger partial charge in [0, 0.05) is 18.5 Å². The third kappa shape index (κ3) is 7.74. The van der Waals surface area contributed by atoms with Gasteiger partial charge in [0.15, 0.2) is 15.8 Å². The maximum absolute atomic E-state index is 12.3. The lowest BCUT2D eigenvalue weighted by Crippen LogP contribution is -2.39. The fraction of sp³-hybridized carbons (Fsp3) is 0.444. The van der Waals surface area contributed by atoms with Crippen molar-refractivity contribution in [2.24, 2.45) is 4.99 Å². The SMILES string of the molecule is CCNC(=NCc1nc(C(C)C)cs1)NCCS(=O)(=O)c1ccccc1.I. The van der Waals surface area contributed by atoms with E-state index in [-0.39, 0.29) is 36.3 Å². The van der Waals surface area contributed by atoms with Crippen molar-refractivity contribution in [1.29, 1.82) is 0 Å². The van der Waals surface area contributed by atoms with Gasteiger partial charge in [-0.1, -0.05) is 32.0 Å². The molecule has 2 rings (SSSR count). The largest absolute Gasteiger partial charge is 0.357 e. The Hall–Kier alpha value is -1.20. The first kappa shape index (κ1) is 23.8. The van der Waals surface area contributed by atoms with E-state index in [1.165, 1.54) is 0 Å². The molecule has 0 aliphatic heterocycles. The number of hydrogen-bond donors (Lipinski definition) is 2. The molecule has 2 aromatic rings. The minimum absolute atomic E-state index is 0. The molecule has 1 aromatic carbocycles. The Balaban J connectivity index is 0.00000364. The molecule has 0 saturated carbocycles. The number of aromatic nitrogens is 1. The zero-order valence-corrected chi connectivity index (χ0v) is 19.8. The Bertz CT molecular complexity index is 821. The first-order chi connectivity index (χ1) is 12.4. The van der Waals surface area contributed by atoms with Gasteiger partial charge in [-0.25, -0.2) is 18.4 Å². The highest BCUT2D eigenvalue weighted by Gasteiger charge is 2.13. The number of halogens is 1. The van der Waals surface area contributed by atoms with Gasteiger partial charge in [-0.2, -0.15) is 0 Å². The molecular weight excluding hydrogens is 495 g/mol. The molecule has 1 heterocycles. The summed E-state index contributed by atoms with van der Waals surface area (Å²) >= 11 is 1.59. The molecule has 0 aliphatic rings. The Morgan fingerprint density at radius 3 is 2.52 bits per heavy atom. The second-order valence-electron chi connectivity index (χ2n) is 6.07. The van der Waals surface area contributed by atoms with Crippen molar-refractivity contribution in [3.05, 3.63) is 46.4 Å². The van der Waals surface area contributed by atoms with E-state index in [0.29, 0.717) is 29.9 Å². The molecule has 2 N–H and O–H groups in total. The molecule has 0 saturated heterocycles. The van der Waals surface area contributed by atoms with Crippen molar-refractivity contribution in [3.63, 3.8) is 0 Å². The highest BCUT2D eigenvalue weighted by atomic mass is 127. The lowest BCUT2D eigenvalue weighted by molar-refractivity contribution is 0.594. The van der Waals surface area contributed by atoms with Gasteiger partial charge in [-0.15, -0.1) is 35.3 Å². The van der Waals surface area contributed by atoms with Crippen LogP contribution in [-0.2, 0) is 16.4 Å². The van der Waals surface area contributed by atoms with E-state index in [4.69, 9.17) is 0 Å². The first-order valence-corrected chi connectivity index (χ1v) is 11.2. The van der Waals surface area contributed by atoms with E-state index < -0.39 is 9.84 Å². The second kappa shape index (κ2) is 11.6. The fourth-order valence-corrected chi connectivity index (χ4v) is 4.26. The van der Waals surface area contributed by atoms with Crippen LogP contribution >= 0.6 is 35.3 Å². The fourth-order valence-electron chi connectivity index (χ4n) is 2.20.